The number of nitrogens with zero attached hydrogens (tertiary/aromatic N) is 4. The van der Waals surface area contributed by atoms with E-state index in [0.717, 1.165) is 18.4 Å². The minimum Gasteiger partial charge on any atom is -0.505 e. The molecule has 0 saturated carbocycles. The first-order chi connectivity index (χ1) is 16.9. The average Bonchev–Trinajstić information content (AvgIpc) is 3.57. The summed E-state index contributed by atoms with van der Waals surface area (Å²) < 4.78 is 8.73. The number of anilines is 1. The molecule has 2 N–H and O–H groups in total. The molecule has 2 aromatic carbocycles. The van der Waals surface area contributed by atoms with Crippen LogP contribution in [0.3, 0.4) is 0 Å². The molecule has 5 rings (SSSR count). The van der Waals surface area contributed by atoms with Crippen molar-refractivity contribution in [2.75, 3.05) is 25.5 Å². The first kappa shape index (κ1) is 22.5. The highest BCUT2D eigenvalue weighted by Crippen LogP contribution is 2.36. The predicted molar refractivity (Wildman–Crippen MR) is 133 cm³/mol. The fourth-order valence-corrected chi connectivity index (χ4v) is 4.56. The van der Waals surface area contributed by atoms with E-state index in [1.54, 1.807) is 60.2 Å². The maximum atomic E-state index is 12.9. The Balaban J connectivity index is 1.45. The molecule has 1 aliphatic rings. The quantitative estimate of drug-likeness (QED) is 0.459. The third-order valence-electron chi connectivity index (χ3n) is 6.48. The van der Waals surface area contributed by atoms with E-state index in [0.29, 0.717) is 47.1 Å². The zero-order valence-corrected chi connectivity index (χ0v) is 19.9. The van der Waals surface area contributed by atoms with Gasteiger partial charge < -0.3 is 29.2 Å². The minimum atomic E-state index is -0.242. The van der Waals surface area contributed by atoms with Gasteiger partial charge in [0.05, 0.1) is 23.7 Å². The lowest BCUT2D eigenvalue weighted by atomic mass is 10.2. The van der Waals surface area contributed by atoms with Crippen LogP contribution in [0.25, 0.3) is 22.6 Å². The highest BCUT2D eigenvalue weighted by molar-refractivity contribution is 6.05. The number of fused-ring (bicyclic) bond motifs is 1. The highest BCUT2D eigenvalue weighted by atomic mass is 16.5. The van der Waals surface area contributed by atoms with Gasteiger partial charge >= 0.3 is 0 Å². The van der Waals surface area contributed by atoms with Crippen molar-refractivity contribution >= 4 is 28.5 Å². The Morgan fingerprint density at radius 2 is 1.77 bits per heavy atom. The smallest absolute Gasteiger partial charge is 0.259 e. The summed E-state index contributed by atoms with van der Waals surface area (Å²) in [7, 11) is 5.22. The maximum absolute atomic E-state index is 12.9. The number of aromatic hydroxyl groups is 1. The van der Waals surface area contributed by atoms with Gasteiger partial charge in [-0.2, -0.15) is 0 Å². The molecule has 2 aromatic heterocycles. The number of aryl methyl sites for hydroxylation is 2. The average molecular weight is 474 g/mol. The van der Waals surface area contributed by atoms with Crippen molar-refractivity contribution in [3.8, 4) is 23.0 Å². The summed E-state index contributed by atoms with van der Waals surface area (Å²) >= 11 is 0. The Bertz CT molecular complexity index is 1430. The maximum Gasteiger partial charge on any atom is 0.259 e. The van der Waals surface area contributed by atoms with Gasteiger partial charge in [0.15, 0.2) is 11.6 Å². The van der Waals surface area contributed by atoms with Crippen LogP contribution in [-0.2, 0) is 14.1 Å². The van der Waals surface area contributed by atoms with Crippen LogP contribution in [0.2, 0.25) is 0 Å². The van der Waals surface area contributed by atoms with Crippen molar-refractivity contribution in [3.63, 3.8) is 0 Å². The Morgan fingerprint density at radius 3 is 2.46 bits per heavy atom. The number of imidazole rings is 1. The van der Waals surface area contributed by atoms with Gasteiger partial charge in [0.2, 0.25) is 0 Å². The number of hydrogen-bond donors (Lipinski definition) is 2. The number of carbonyl (C=O) groups excluding carboxylic acids is 2. The number of likely N-dealkylation sites (tertiary alicyclic amines) is 1. The lowest BCUT2D eigenvalue weighted by Gasteiger charge is -2.14. The minimum absolute atomic E-state index is 0.0733. The molecule has 0 atom stereocenters. The summed E-state index contributed by atoms with van der Waals surface area (Å²) in [6.07, 6.45) is 3.62. The van der Waals surface area contributed by atoms with Crippen LogP contribution in [0.4, 0.5) is 5.69 Å². The van der Waals surface area contributed by atoms with Crippen LogP contribution in [0.15, 0.2) is 48.7 Å². The SMILES string of the molecule is COc1ccc(C(=O)Nc2ccc3c(c2)nc(-c2c(O)c(C(=O)N4CCCC4)cn2C)n3C)cc1. The second kappa shape index (κ2) is 8.83. The number of nitrogens with one attached hydrogen (secondary N) is 1. The van der Waals surface area contributed by atoms with Gasteiger partial charge in [-0.05, 0) is 55.3 Å². The van der Waals surface area contributed by atoms with Crippen LogP contribution in [-0.4, -0.2) is 56.1 Å². The predicted octanol–water partition coefficient (Wildman–Crippen LogP) is 3.78. The number of benzene rings is 2. The number of ether oxygens (including phenoxy) is 1. The number of aromatic nitrogens is 3. The molecule has 0 spiro atoms. The Labute approximate surface area is 202 Å². The van der Waals surface area contributed by atoms with E-state index < -0.39 is 0 Å². The summed E-state index contributed by atoms with van der Waals surface area (Å²) in [5.41, 5.74) is 3.35. The standard InChI is InChI=1S/C26H27N5O4/c1-29-15-19(26(34)31-12-4-5-13-31)23(32)22(29)24-28-20-14-17(8-11-21(20)30(24)2)27-25(33)16-6-9-18(35-3)10-7-16/h6-11,14-15,32H,4-5,12-13H2,1-3H3,(H,27,33). The van der Waals surface area contributed by atoms with Gasteiger partial charge in [-0.1, -0.05) is 0 Å². The van der Waals surface area contributed by atoms with Crippen LogP contribution < -0.4 is 10.1 Å². The van der Waals surface area contributed by atoms with Crippen LogP contribution >= 0.6 is 0 Å². The van der Waals surface area contributed by atoms with Crippen molar-refractivity contribution < 1.29 is 19.4 Å². The number of rotatable bonds is 5. The molecule has 2 amide bonds. The second-order valence-corrected chi connectivity index (χ2v) is 8.73. The van der Waals surface area contributed by atoms with Crippen LogP contribution in [0, 0.1) is 0 Å². The van der Waals surface area contributed by atoms with Crippen molar-refractivity contribution in [2.24, 2.45) is 14.1 Å². The number of hydrogen-bond acceptors (Lipinski definition) is 5. The van der Waals surface area contributed by atoms with E-state index in [1.807, 2.05) is 23.7 Å². The van der Waals surface area contributed by atoms with Gasteiger partial charge in [-0.15, -0.1) is 0 Å². The van der Waals surface area contributed by atoms with Gasteiger partial charge in [-0.3, -0.25) is 9.59 Å². The zero-order chi connectivity index (χ0) is 24.7. The molecule has 0 radical (unpaired) electrons. The first-order valence-corrected chi connectivity index (χ1v) is 11.5. The fraction of sp³-hybridized carbons (Fsp3) is 0.269. The molecule has 0 bridgehead atoms. The monoisotopic (exact) mass is 473 g/mol. The lowest BCUT2D eigenvalue weighted by molar-refractivity contribution is 0.0790. The molecule has 0 aliphatic carbocycles. The molecule has 0 unspecified atom stereocenters. The first-order valence-electron chi connectivity index (χ1n) is 11.5. The molecule has 1 aliphatic heterocycles. The summed E-state index contributed by atoms with van der Waals surface area (Å²) in [5.74, 6) is 0.727. The fourth-order valence-electron chi connectivity index (χ4n) is 4.56. The lowest BCUT2D eigenvalue weighted by Crippen LogP contribution is -2.27. The summed E-state index contributed by atoms with van der Waals surface area (Å²) in [6.45, 7) is 1.42. The molecule has 3 heterocycles. The Morgan fingerprint density at radius 1 is 1.06 bits per heavy atom. The third kappa shape index (κ3) is 3.99. The van der Waals surface area contributed by atoms with E-state index >= 15 is 0 Å². The number of carbonyl (C=O) groups is 2. The molecule has 180 valence electrons. The van der Waals surface area contributed by atoms with E-state index in [9.17, 15) is 14.7 Å². The molecular formula is C26H27N5O4. The Kier molecular flexibility index (Phi) is 5.68. The van der Waals surface area contributed by atoms with Crippen molar-refractivity contribution in [3.05, 3.63) is 59.8 Å². The van der Waals surface area contributed by atoms with Crippen molar-refractivity contribution in [1.82, 2.24) is 19.0 Å². The zero-order valence-electron chi connectivity index (χ0n) is 19.9. The van der Waals surface area contributed by atoms with Crippen molar-refractivity contribution in [1.29, 1.82) is 0 Å². The number of methoxy groups -OCH3 is 1. The molecule has 35 heavy (non-hydrogen) atoms. The summed E-state index contributed by atoms with van der Waals surface area (Å²) in [4.78, 5) is 32.1. The second-order valence-electron chi connectivity index (χ2n) is 8.73. The highest BCUT2D eigenvalue weighted by Gasteiger charge is 2.28. The topological polar surface area (TPSA) is 102 Å². The van der Waals surface area contributed by atoms with E-state index in [4.69, 9.17) is 9.72 Å². The largest absolute Gasteiger partial charge is 0.505 e. The van der Waals surface area contributed by atoms with E-state index in [-0.39, 0.29) is 23.1 Å². The molecule has 9 nitrogen and oxygen atoms in total. The third-order valence-corrected chi connectivity index (χ3v) is 6.48. The van der Waals surface area contributed by atoms with Gasteiger partial charge in [0.1, 0.15) is 11.4 Å². The molecule has 4 aromatic rings. The van der Waals surface area contributed by atoms with Gasteiger partial charge in [0.25, 0.3) is 11.8 Å². The van der Waals surface area contributed by atoms with Crippen LogP contribution in [0.5, 0.6) is 11.5 Å². The van der Waals surface area contributed by atoms with Crippen molar-refractivity contribution in [2.45, 2.75) is 12.8 Å². The van der Waals surface area contributed by atoms with E-state index in [1.165, 1.54) is 0 Å². The van der Waals surface area contributed by atoms with Gasteiger partial charge in [0, 0.05) is 44.6 Å². The normalized spacial score (nSPS) is 13.4. The van der Waals surface area contributed by atoms with Crippen LogP contribution in [0.1, 0.15) is 33.6 Å². The van der Waals surface area contributed by atoms with Gasteiger partial charge in [-0.25, -0.2) is 4.98 Å². The molecule has 9 heteroatoms. The number of amides is 2. The Hall–Kier alpha value is -4.27. The molecule has 1 fully saturated rings. The summed E-state index contributed by atoms with van der Waals surface area (Å²) in [6, 6.07) is 12.3. The molecule has 1 saturated heterocycles. The molecular weight excluding hydrogens is 446 g/mol. The van der Waals surface area contributed by atoms with E-state index in [2.05, 4.69) is 5.32 Å². The summed E-state index contributed by atoms with van der Waals surface area (Å²) in [5, 5.41) is 13.9.